The summed E-state index contributed by atoms with van der Waals surface area (Å²) in [6.45, 7) is 2.72. The number of aromatic nitrogens is 1. The number of nitrogens with zero attached hydrogens (tertiary/aromatic N) is 1. The number of rotatable bonds is 4. The second kappa shape index (κ2) is 6.74. The first-order valence-corrected chi connectivity index (χ1v) is 6.92. The summed E-state index contributed by atoms with van der Waals surface area (Å²) >= 11 is 11.3. The topological polar surface area (TPSA) is 54.0 Å². The summed E-state index contributed by atoms with van der Waals surface area (Å²) < 4.78 is 13.3. The molecule has 1 aromatic heterocycles. The van der Waals surface area contributed by atoms with Gasteiger partial charge in [0.25, 0.3) is 5.91 Å². The van der Waals surface area contributed by atoms with Gasteiger partial charge in [-0.2, -0.15) is 0 Å². The van der Waals surface area contributed by atoms with Crippen molar-refractivity contribution in [1.29, 1.82) is 0 Å². The molecule has 4 nitrogen and oxygen atoms in total. The van der Waals surface area contributed by atoms with E-state index in [0.29, 0.717) is 5.69 Å². The lowest BCUT2D eigenvalue weighted by Crippen LogP contribution is -2.14. The number of nitrogens with one attached hydrogen (secondary N) is 2. The Hall–Kier alpha value is -1.85. The first kappa shape index (κ1) is 15.5. The van der Waals surface area contributed by atoms with E-state index in [4.69, 9.17) is 23.2 Å². The van der Waals surface area contributed by atoms with E-state index < -0.39 is 11.7 Å². The summed E-state index contributed by atoms with van der Waals surface area (Å²) in [4.78, 5) is 16.1. The van der Waals surface area contributed by atoms with Gasteiger partial charge in [0.15, 0.2) is 5.82 Å². The highest BCUT2D eigenvalue weighted by atomic mass is 35.5. The van der Waals surface area contributed by atoms with Gasteiger partial charge in [0.2, 0.25) is 0 Å². The number of carbonyl (C=O) groups is 1. The molecule has 2 aromatic rings. The molecule has 1 aromatic carbocycles. The average molecular weight is 328 g/mol. The summed E-state index contributed by atoms with van der Waals surface area (Å²) in [5, 5.41) is 5.32. The van der Waals surface area contributed by atoms with Crippen LogP contribution in [0.25, 0.3) is 0 Å². The van der Waals surface area contributed by atoms with Crippen LogP contribution in [0.3, 0.4) is 0 Å². The van der Waals surface area contributed by atoms with Crippen LogP contribution in [0.2, 0.25) is 10.0 Å². The van der Waals surface area contributed by atoms with Crippen molar-refractivity contribution in [2.45, 2.75) is 6.92 Å². The van der Waals surface area contributed by atoms with E-state index in [0.717, 1.165) is 12.2 Å². The van der Waals surface area contributed by atoms with E-state index in [-0.39, 0.29) is 15.7 Å². The van der Waals surface area contributed by atoms with Crippen molar-refractivity contribution in [2.75, 3.05) is 17.2 Å². The summed E-state index contributed by atoms with van der Waals surface area (Å²) in [5.41, 5.74) is 1.35. The van der Waals surface area contributed by atoms with Crippen LogP contribution in [-0.2, 0) is 0 Å². The van der Waals surface area contributed by atoms with Crippen molar-refractivity contribution in [2.24, 2.45) is 0 Å². The lowest BCUT2D eigenvalue weighted by molar-refractivity contribution is 0.102. The molecule has 2 rings (SSSR count). The molecule has 0 saturated carbocycles. The molecule has 1 amide bonds. The van der Waals surface area contributed by atoms with Crippen LogP contribution in [0.4, 0.5) is 15.8 Å². The number of anilines is 2. The van der Waals surface area contributed by atoms with Crippen molar-refractivity contribution < 1.29 is 9.18 Å². The number of pyridine rings is 1. The molecule has 7 heteroatoms. The first-order chi connectivity index (χ1) is 10.0. The summed E-state index contributed by atoms with van der Waals surface area (Å²) in [6, 6.07) is 5.90. The SMILES string of the molecule is CCNc1ccc(C(=O)Nc2cc(Cl)c(F)c(Cl)c2)nc1. The van der Waals surface area contributed by atoms with E-state index in [1.807, 2.05) is 6.92 Å². The van der Waals surface area contributed by atoms with Gasteiger partial charge in [-0.3, -0.25) is 4.79 Å². The number of carbonyl (C=O) groups excluding carboxylic acids is 1. The van der Waals surface area contributed by atoms with Gasteiger partial charge < -0.3 is 10.6 Å². The summed E-state index contributed by atoms with van der Waals surface area (Å²) in [5.74, 6) is -1.15. The minimum Gasteiger partial charge on any atom is -0.384 e. The Morgan fingerprint density at radius 2 is 1.90 bits per heavy atom. The fourth-order valence-corrected chi connectivity index (χ4v) is 2.15. The highest BCUT2D eigenvalue weighted by Gasteiger charge is 2.11. The maximum Gasteiger partial charge on any atom is 0.274 e. The predicted octanol–water partition coefficient (Wildman–Crippen LogP) is 4.21. The van der Waals surface area contributed by atoms with Crippen molar-refractivity contribution in [1.82, 2.24) is 4.98 Å². The Morgan fingerprint density at radius 1 is 1.24 bits per heavy atom. The molecule has 0 aliphatic rings. The average Bonchev–Trinajstić information content (AvgIpc) is 2.45. The molecule has 2 N–H and O–H groups in total. The Kier molecular flexibility index (Phi) is 4.98. The van der Waals surface area contributed by atoms with E-state index in [1.165, 1.54) is 12.1 Å². The quantitative estimate of drug-likeness (QED) is 0.827. The molecule has 1 heterocycles. The molecule has 21 heavy (non-hydrogen) atoms. The molecular weight excluding hydrogens is 316 g/mol. The van der Waals surface area contributed by atoms with E-state index >= 15 is 0 Å². The standard InChI is InChI=1S/C14H12Cl2FN3O/c1-2-18-8-3-4-12(19-7-8)14(21)20-9-5-10(15)13(17)11(16)6-9/h3-7,18H,2H2,1H3,(H,20,21). The van der Waals surface area contributed by atoms with Crippen molar-refractivity contribution in [3.63, 3.8) is 0 Å². The highest BCUT2D eigenvalue weighted by Crippen LogP contribution is 2.27. The molecule has 0 fully saturated rings. The van der Waals surface area contributed by atoms with Crippen LogP contribution in [0.1, 0.15) is 17.4 Å². The maximum absolute atomic E-state index is 13.3. The Labute approximate surface area is 131 Å². The van der Waals surface area contributed by atoms with Gasteiger partial charge in [-0.05, 0) is 31.2 Å². The van der Waals surface area contributed by atoms with Gasteiger partial charge in [0.05, 0.1) is 21.9 Å². The van der Waals surface area contributed by atoms with Crippen LogP contribution in [0.15, 0.2) is 30.5 Å². The lowest BCUT2D eigenvalue weighted by atomic mass is 10.2. The Bertz CT molecular complexity index is 639. The second-order valence-electron chi connectivity index (χ2n) is 4.17. The number of hydrogen-bond donors (Lipinski definition) is 2. The van der Waals surface area contributed by atoms with Crippen LogP contribution in [0, 0.1) is 5.82 Å². The van der Waals surface area contributed by atoms with E-state index in [1.54, 1.807) is 18.3 Å². The van der Waals surface area contributed by atoms with Crippen LogP contribution < -0.4 is 10.6 Å². The third kappa shape index (κ3) is 3.83. The molecule has 0 saturated heterocycles. The minimum atomic E-state index is -0.718. The van der Waals surface area contributed by atoms with E-state index in [9.17, 15) is 9.18 Å². The summed E-state index contributed by atoms with van der Waals surface area (Å²) in [7, 11) is 0. The number of amides is 1. The molecular formula is C14H12Cl2FN3O. The van der Waals surface area contributed by atoms with Crippen LogP contribution in [0.5, 0.6) is 0 Å². The normalized spacial score (nSPS) is 10.3. The molecule has 0 spiro atoms. The zero-order valence-corrected chi connectivity index (χ0v) is 12.6. The minimum absolute atomic E-state index is 0.159. The molecule has 0 aliphatic carbocycles. The monoisotopic (exact) mass is 327 g/mol. The second-order valence-corrected chi connectivity index (χ2v) is 4.98. The fraction of sp³-hybridized carbons (Fsp3) is 0.143. The third-order valence-electron chi connectivity index (χ3n) is 2.62. The first-order valence-electron chi connectivity index (χ1n) is 6.17. The smallest absolute Gasteiger partial charge is 0.274 e. The molecule has 0 aliphatic heterocycles. The highest BCUT2D eigenvalue weighted by molar-refractivity contribution is 6.35. The summed E-state index contributed by atoms with van der Waals surface area (Å²) in [6.07, 6.45) is 1.56. The number of halogens is 3. The Morgan fingerprint density at radius 3 is 2.43 bits per heavy atom. The maximum atomic E-state index is 13.3. The molecule has 0 unspecified atom stereocenters. The van der Waals surface area contributed by atoms with Crippen molar-refractivity contribution in [3.8, 4) is 0 Å². The zero-order chi connectivity index (χ0) is 15.4. The van der Waals surface area contributed by atoms with Gasteiger partial charge in [-0.1, -0.05) is 23.2 Å². The van der Waals surface area contributed by atoms with Gasteiger partial charge >= 0.3 is 0 Å². The largest absolute Gasteiger partial charge is 0.384 e. The van der Waals surface area contributed by atoms with Gasteiger partial charge in [0.1, 0.15) is 5.69 Å². The van der Waals surface area contributed by atoms with Crippen LogP contribution in [-0.4, -0.2) is 17.4 Å². The fourth-order valence-electron chi connectivity index (χ4n) is 1.66. The number of benzene rings is 1. The van der Waals surface area contributed by atoms with E-state index in [2.05, 4.69) is 15.6 Å². The molecule has 0 atom stereocenters. The molecule has 110 valence electrons. The number of hydrogen-bond acceptors (Lipinski definition) is 3. The predicted molar refractivity (Wildman–Crippen MR) is 82.8 cm³/mol. The van der Waals surface area contributed by atoms with Crippen molar-refractivity contribution >= 4 is 40.5 Å². The molecule has 0 bridgehead atoms. The van der Waals surface area contributed by atoms with Gasteiger partial charge in [0, 0.05) is 12.2 Å². The lowest BCUT2D eigenvalue weighted by Gasteiger charge is -2.08. The zero-order valence-electron chi connectivity index (χ0n) is 11.1. The van der Waals surface area contributed by atoms with Crippen molar-refractivity contribution in [3.05, 3.63) is 52.0 Å². The van der Waals surface area contributed by atoms with Gasteiger partial charge in [-0.15, -0.1) is 0 Å². The molecule has 0 radical (unpaired) electrons. The van der Waals surface area contributed by atoms with Gasteiger partial charge in [-0.25, -0.2) is 9.37 Å². The Balaban J connectivity index is 2.14. The third-order valence-corrected chi connectivity index (χ3v) is 3.17. The van der Waals surface area contributed by atoms with Crippen LogP contribution >= 0.6 is 23.2 Å².